The molecule has 0 aliphatic carbocycles. The Morgan fingerprint density at radius 2 is 1.81 bits per heavy atom. The summed E-state index contributed by atoms with van der Waals surface area (Å²) in [5, 5.41) is 2.79. The van der Waals surface area contributed by atoms with Crippen molar-refractivity contribution in [3.63, 3.8) is 0 Å². The van der Waals surface area contributed by atoms with Gasteiger partial charge in [-0.15, -0.1) is 0 Å². The lowest BCUT2D eigenvalue weighted by molar-refractivity contribution is -0.118. The van der Waals surface area contributed by atoms with Crippen molar-refractivity contribution in [2.24, 2.45) is 0 Å². The summed E-state index contributed by atoms with van der Waals surface area (Å²) in [7, 11) is 0. The molecule has 0 unspecified atom stereocenters. The van der Waals surface area contributed by atoms with E-state index >= 15 is 0 Å². The van der Waals surface area contributed by atoms with Crippen LogP contribution in [0.4, 0.5) is 11.4 Å². The Labute approximate surface area is 156 Å². The number of nitrogens with zero attached hydrogens (tertiary/aromatic N) is 2. The van der Waals surface area contributed by atoms with Crippen LogP contribution in [-0.2, 0) is 4.79 Å². The standard InChI is InChI=1S/C21H18N4O2/c22-16-10-8-15(9-11-16)18-13-25-12-4-7-19(21(25)24-18)27-14-20(26)23-17-5-2-1-3-6-17/h1-13H,14,22H2,(H,23,26). The van der Waals surface area contributed by atoms with Gasteiger partial charge in [0.1, 0.15) is 0 Å². The van der Waals surface area contributed by atoms with E-state index in [1.807, 2.05) is 77.5 Å². The maximum atomic E-state index is 12.1. The number of nitrogens with two attached hydrogens (primary N) is 1. The van der Waals surface area contributed by atoms with Gasteiger partial charge in [0.15, 0.2) is 18.0 Å². The molecule has 0 spiro atoms. The van der Waals surface area contributed by atoms with E-state index in [4.69, 9.17) is 10.5 Å². The van der Waals surface area contributed by atoms with Crippen LogP contribution in [0.25, 0.3) is 16.9 Å². The first kappa shape index (κ1) is 16.7. The third-order valence-electron chi connectivity index (χ3n) is 4.07. The van der Waals surface area contributed by atoms with Gasteiger partial charge < -0.3 is 20.2 Å². The molecule has 0 saturated carbocycles. The van der Waals surface area contributed by atoms with Gasteiger partial charge in [-0.3, -0.25) is 4.79 Å². The molecule has 27 heavy (non-hydrogen) atoms. The maximum Gasteiger partial charge on any atom is 0.262 e. The zero-order chi connectivity index (χ0) is 18.6. The molecule has 1 amide bonds. The number of anilines is 2. The van der Waals surface area contributed by atoms with Crippen LogP contribution < -0.4 is 15.8 Å². The number of para-hydroxylation sites is 1. The first-order valence-corrected chi connectivity index (χ1v) is 8.50. The molecule has 0 fully saturated rings. The number of hydrogen-bond donors (Lipinski definition) is 2. The van der Waals surface area contributed by atoms with E-state index < -0.39 is 0 Å². The first-order chi connectivity index (χ1) is 13.2. The molecule has 0 radical (unpaired) electrons. The fourth-order valence-electron chi connectivity index (χ4n) is 2.75. The minimum atomic E-state index is -0.228. The monoisotopic (exact) mass is 358 g/mol. The smallest absolute Gasteiger partial charge is 0.262 e. The van der Waals surface area contributed by atoms with E-state index in [0.29, 0.717) is 17.1 Å². The molecule has 2 aromatic carbocycles. The second kappa shape index (κ2) is 7.21. The minimum Gasteiger partial charge on any atom is -0.480 e. The lowest BCUT2D eigenvalue weighted by atomic mass is 10.1. The molecular formula is C21H18N4O2. The number of carbonyl (C=O) groups excluding carboxylic acids is 1. The normalized spacial score (nSPS) is 10.7. The van der Waals surface area contributed by atoms with Gasteiger partial charge in [0, 0.05) is 29.3 Å². The Bertz CT molecular complexity index is 1070. The van der Waals surface area contributed by atoms with Crippen molar-refractivity contribution in [1.29, 1.82) is 0 Å². The number of nitrogen functional groups attached to an aromatic ring is 1. The lowest BCUT2D eigenvalue weighted by Crippen LogP contribution is -2.20. The Hall–Kier alpha value is -3.80. The summed E-state index contributed by atoms with van der Waals surface area (Å²) in [6, 6.07) is 20.4. The van der Waals surface area contributed by atoms with Crippen LogP contribution in [0.1, 0.15) is 0 Å². The second-order valence-corrected chi connectivity index (χ2v) is 6.05. The fraction of sp³-hybridized carbons (Fsp3) is 0.0476. The second-order valence-electron chi connectivity index (χ2n) is 6.05. The van der Waals surface area contributed by atoms with Crippen molar-refractivity contribution < 1.29 is 9.53 Å². The highest BCUT2D eigenvalue weighted by molar-refractivity contribution is 5.91. The third kappa shape index (κ3) is 3.74. The van der Waals surface area contributed by atoms with Gasteiger partial charge in [-0.25, -0.2) is 4.98 Å². The zero-order valence-corrected chi connectivity index (χ0v) is 14.5. The van der Waals surface area contributed by atoms with Gasteiger partial charge in [-0.1, -0.05) is 30.3 Å². The van der Waals surface area contributed by atoms with E-state index in [0.717, 1.165) is 16.9 Å². The topological polar surface area (TPSA) is 81.6 Å². The number of ether oxygens (including phenoxy) is 1. The van der Waals surface area contributed by atoms with Crippen LogP contribution >= 0.6 is 0 Å². The molecule has 0 aliphatic rings. The average molecular weight is 358 g/mol. The molecule has 0 saturated heterocycles. The Morgan fingerprint density at radius 3 is 2.59 bits per heavy atom. The zero-order valence-electron chi connectivity index (χ0n) is 14.5. The molecule has 2 heterocycles. The molecule has 6 nitrogen and oxygen atoms in total. The summed E-state index contributed by atoms with van der Waals surface area (Å²) in [4.78, 5) is 16.7. The highest BCUT2D eigenvalue weighted by atomic mass is 16.5. The van der Waals surface area contributed by atoms with Crippen molar-refractivity contribution >= 4 is 22.9 Å². The van der Waals surface area contributed by atoms with Crippen molar-refractivity contribution in [2.45, 2.75) is 0 Å². The lowest BCUT2D eigenvalue weighted by Gasteiger charge is -2.08. The van der Waals surface area contributed by atoms with Crippen LogP contribution in [0.2, 0.25) is 0 Å². The average Bonchev–Trinajstić information content (AvgIpc) is 3.12. The minimum absolute atomic E-state index is 0.0986. The Balaban J connectivity index is 1.52. The number of fused-ring (bicyclic) bond motifs is 1. The van der Waals surface area contributed by atoms with Crippen LogP contribution in [0.5, 0.6) is 5.75 Å². The van der Waals surface area contributed by atoms with Gasteiger partial charge in [0.25, 0.3) is 5.91 Å². The van der Waals surface area contributed by atoms with Crippen LogP contribution in [0.15, 0.2) is 79.1 Å². The number of benzene rings is 2. The molecule has 0 bridgehead atoms. The van der Waals surface area contributed by atoms with E-state index in [9.17, 15) is 4.79 Å². The largest absolute Gasteiger partial charge is 0.480 e. The van der Waals surface area contributed by atoms with E-state index in [2.05, 4.69) is 10.3 Å². The maximum absolute atomic E-state index is 12.1. The summed E-state index contributed by atoms with van der Waals surface area (Å²) in [5.74, 6) is 0.316. The predicted octanol–water partition coefficient (Wildman–Crippen LogP) is 3.60. The van der Waals surface area contributed by atoms with Gasteiger partial charge in [-0.2, -0.15) is 0 Å². The molecule has 4 aromatic rings. The molecule has 0 atom stereocenters. The molecular weight excluding hydrogens is 340 g/mol. The Morgan fingerprint density at radius 1 is 1.04 bits per heavy atom. The van der Waals surface area contributed by atoms with E-state index in [-0.39, 0.29) is 12.5 Å². The van der Waals surface area contributed by atoms with E-state index in [1.54, 1.807) is 6.07 Å². The number of imidazole rings is 1. The summed E-state index contributed by atoms with van der Waals surface area (Å²) in [6.07, 6.45) is 3.80. The van der Waals surface area contributed by atoms with Crippen molar-refractivity contribution in [1.82, 2.24) is 9.38 Å². The van der Waals surface area contributed by atoms with Gasteiger partial charge in [0.2, 0.25) is 0 Å². The van der Waals surface area contributed by atoms with Crippen molar-refractivity contribution in [2.75, 3.05) is 17.7 Å². The van der Waals surface area contributed by atoms with Gasteiger partial charge >= 0.3 is 0 Å². The van der Waals surface area contributed by atoms with Crippen LogP contribution in [0, 0.1) is 0 Å². The first-order valence-electron chi connectivity index (χ1n) is 8.50. The SMILES string of the molecule is Nc1ccc(-c2cn3cccc(OCC(=O)Nc4ccccc4)c3n2)cc1. The number of pyridine rings is 1. The predicted molar refractivity (Wildman–Crippen MR) is 106 cm³/mol. The van der Waals surface area contributed by atoms with Crippen molar-refractivity contribution in [3.8, 4) is 17.0 Å². The summed E-state index contributed by atoms with van der Waals surface area (Å²) >= 11 is 0. The Kier molecular flexibility index (Phi) is 4.45. The quantitative estimate of drug-likeness (QED) is 0.534. The summed E-state index contributed by atoms with van der Waals surface area (Å²) in [6.45, 7) is -0.0986. The number of amides is 1. The molecule has 4 rings (SSSR count). The molecule has 6 heteroatoms. The van der Waals surface area contributed by atoms with Gasteiger partial charge in [0.05, 0.1) is 5.69 Å². The third-order valence-corrected chi connectivity index (χ3v) is 4.07. The molecule has 134 valence electrons. The van der Waals surface area contributed by atoms with Crippen LogP contribution in [0.3, 0.4) is 0 Å². The number of carbonyl (C=O) groups is 1. The number of rotatable bonds is 5. The molecule has 2 aromatic heterocycles. The highest BCUT2D eigenvalue weighted by Gasteiger charge is 2.11. The van der Waals surface area contributed by atoms with Crippen LogP contribution in [-0.4, -0.2) is 21.9 Å². The van der Waals surface area contributed by atoms with E-state index in [1.165, 1.54) is 0 Å². The van der Waals surface area contributed by atoms with Crippen molar-refractivity contribution in [3.05, 3.63) is 79.1 Å². The number of aromatic nitrogens is 2. The highest BCUT2D eigenvalue weighted by Crippen LogP contribution is 2.25. The molecule has 3 N–H and O–H groups in total. The van der Waals surface area contributed by atoms with Gasteiger partial charge in [-0.05, 0) is 36.4 Å². The number of hydrogen-bond acceptors (Lipinski definition) is 4. The fourth-order valence-corrected chi connectivity index (χ4v) is 2.75. The summed E-state index contributed by atoms with van der Waals surface area (Å²) in [5.41, 5.74) is 9.59. The molecule has 0 aliphatic heterocycles. The number of nitrogens with one attached hydrogen (secondary N) is 1. The summed E-state index contributed by atoms with van der Waals surface area (Å²) < 4.78 is 7.58.